The van der Waals surface area contributed by atoms with Gasteiger partial charge in [-0.2, -0.15) is 0 Å². The van der Waals surface area contributed by atoms with E-state index in [9.17, 15) is 4.79 Å². The Hall–Kier alpha value is -2.20. The van der Waals surface area contributed by atoms with Crippen molar-refractivity contribution in [3.63, 3.8) is 0 Å². The van der Waals surface area contributed by atoms with Crippen molar-refractivity contribution >= 4 is 5.91 Å². The quantitative estimate of drug-likeness (QED) is 0.877. The molecule has 1 heterocycles. The summed E-state index contributed by atoms with van der Waals surface area (Å²) in [6.45, 7) is 2.27. The third-order valence-corrected chi connectivity index (χ3v) is 2.75. The van der Waals surface area contributed by atoms with Crippen molar-refractivity contribution in [2.45, 2.75) is 20.1 Å². The zero-order valence-electron chi connectivity index (χ0n) is 10.8. The Balaban J connectivity index is 2.00. The molecule has 0 spiro atoms. The molecule has 0 aliphatic rings. The zero-order valence-corrected chi connectivity index (χ0v) is 10.8. The monoisotopic (exact) mass is 256 g/mol. The summed E-state index contributed by atoms with van der Waals surface area (Å²) in [4.78, 5) is 16.1. The average Bonchev–Trinajstić information content (AvgIpc) is 2.45. The van der Waals surface area contributed by atoms with Crippen LogP contribution in [-0.2, 0) is 13.2 Å². The number of hydrogen-bond acceptors (Lipinski definition) is 3. The second-order valence-electron chi connectivity index (χ2n) is 4.32. The van der Waals surface area contributed by atoms with Gasteiger partial charge in [-0.25, -0.2) is 4.98 Å². The van der Waals surface area contributed by atoms with E-state index in [1.807, 2.05) is 43.3 Å². The molecule has 0 radical (unpaired) electrons. The van der Waals surface area contributed by atoms with Crippen molar-refractivity contribution in [2.24, 2.45) is 0 Å². The average molecular weight is 256 g/mol. The molecule has 0 aliphatic carbocycles. The second kappa shape index (κ2) is 6.11. The minimum Gasteiger partial charge on any atom is -0.392 e. The van der Waals surface area contributed by atoms with Crippen molar-refractivity contribution in [3.05, 3.63) is 65.0 Å². The second-order valence-corrected chi connectivity index (χ2v) is 4.32. The molecule has 4 nitrogen and oxygen atoms in total. The van der Waals surface area contributed by atoms with E-state index in [0.717, 1.165) is 16.8 Å². The van der Waals surface area contributed by atoms with Gasteiger partial charge < -0.3 is 10.4 Å². The number of carbonyl (C=O) groups is 1. The maximum absolute atomic E-state index is 11.9. The van der Waals surface area contributed by atoms with Crippen LogP contribution in [0.5, 0.6) is 0 Å². The van der Waals surface area contributed by atoms with E-state index in [4.69, 9.17) is 5.11 Å². The molecule has 0 aliphatic heterocycles. The maximum atomic E-state index is 11.9. The molecule has 0 saturated heterocycles. The molecular formula is C15H16N2O2. The van der Waals surface area contributed by atoms with Crippen LogP contribution >= 0.6 is 0 Å². The molecule has 0 fully saturated rings. The van der Waals surface area contributed by atoms with Gasteiger partial charge in [0.25, 0.3) is 5.91 Å². The Morgan fingerprint density at radius 2 is 1.95 bits per heavy atom. The molecular weight excluding hydrogens is 240 g/mol. The summed E-state index contributed by atoms with van der Waals surface area (Å²) >= 11 is 0. The van der Waals surface area contributed by atoms with Gasteiger partial charge >= 0.3 is 0 Å². The first-order valence-corrected chi connectivity index (χ1v) is 6.09. The lowest BCUT2D eigenvalue weighted by Gasteiger charge is -2.06. The Bertz CT molecular complexity index is 582. The summed E-state index contributed by atoms with van der Waals surface area (Å²) in [5.74, 6) is -0.196. The van der Waals surface area contributed by atoms with E-state index >= 15 is 0 Å². The van der Waals surface area contributed by atoms with E-state index in [1.165, 1.54) is 0 Å². The summed E-state index contributed by atoms with van der Waals surface area (Å²) < 4.78 is 0. The highest BCUT2D eigenvalue weighted by atomic mass is 16.3. The smallest absolute Gasteiger partial charge is 0.270 e. The normalized spacial score (nSPS) is 10.2. The fourth-order valence-electron chi connectivity index (χ4n) is 1.78. The molecule has 2 aromatic rings. The molecule has 98 valence electrons. The third-order valence-electron chi connectivity index (χ3n) is 2.75. The van der Waals surface area contributed by atoms with Crippen LogP contribution in [0, 0.1) is 6.92 Å². The first-order valence-electron chi connectivity index (χ1n) is 6.09. The van der Waals surface area contributed by atoms with Gasteiger partial charge in [0.2, 0.25) is 0 Å². The number of pyridine rings is 1. The molecule has 4 heteroatoms. The van der Waals surface area contributed by atoms with Crippen LogP contribution in [-0.4, -0.2) is 16.0 Å². The highest BCUT2D eigenvalue weighted by molar-refractivity contribution is 5.92. The molecule has 1 aromatic heterocycles. The van der Waals surface area contributed by atoms with Gasteiger partial charge in [-0.05, 0) is 30.2 Å². The lowest BCUT2D eigenvalue weighted by molar-refractivity contribution is 0.0945. The van der Waals surface area contributed by atoms with Crippen LogP contribution in [0.2, 0.25) is 0 Å². The number of rotatable bonds is 4. The first kappa shape index (κ1) is 13.2. The number of aliphatic hydroxyl groups excluding tert-OH is 1. The summed E-state index contributed by atoms with van der Waals surface area (Å²) in [5, 5.41) is 11.9. The van der Waals surface area contributed by atoms with Crippen LogP contribution in [0.1, 0.15) is 27.3 Å². The van der Waals surface area contributed by atoms with Crippen LogP contribution < -0.4 is 5.32 Å². The lowest BCUT2D eigenvalue weighted by Crippen LogP contribution is -2.24. The molecule has 19 heavy (non-hydrogen) atoms. The number of aryl methyl sites for hydroxylation is 1. The highest BCUT2D eigenvalue weighted by Crippen LogP contribution is 2.05. The molecule has 0 unspecified atom stereocenters. The highest BCUT2D eigenvalue weighted by Gasteiger charge is 2.06. The molecule has 1 aromatic carbocycles. The van der Waals surface area contributed by atoms with Gasteiger partial charge in [0, 0.05) is 12.2 Å². The molecule has 2 N–H and O–H groups in total. The number of aromatic nitrogens is 1. The van der Waals surface area contributed by atoms with Crippen LogP contribution in [0.4, 0.5) is 0 Å². The van der Waals surface area contributed by atoms with Crippen molar-refractivity contribution < 1.29 is 9.90 Å². The van der Waals surface area contributed by atoms with Gasteiger partial charge in [-0.3, -0.25) is 4.79 Å². The third kappa shape index (κ3) is 3.63. The summed E-state index contributed by atoms with van der Waals surface area (Å²) in [6.07, 6.45) is 0. The molecule has 0 saturated carbocycles. The Kier molecular flexibility index (Phi) is 4.26. The van der Waals surface area contributed by atoms with Crippen molar-refractivity contribution in [3.8, 4) is 0 Å². The molecule has 2 rings (SSSR count). The van der Waals surface area contributed by atoms with Crippen LogP contribution in [0.25, 0.3) is 0 Å². The Morgan fingerprint density at radius 1 is 1.21 bits per heavy atom. The minimum absolute atomic E-state index is 0.00121. The molecule has 1 amide bonds. The number of aliphatic hydroxyl groups is 1. The molecule has 0 bridgehead atoms. The van der Waals surface area contributed by atoms with Crippen molar-refractivity contribution in [1.82, 2.24) is 10.3 Å². The van der Waals surface area contributed by atoms with Crippen LogP contribution in [0.3, 0.4) is 0 Å². The van der Waals surface area contributed by atoms with Gasteiger partial charge in [0.05, 0.1) is 6.61 Å². The Labute approximate surface area is 112 Å². The summed E-state index contributed by atoms with van der Waals surface area (Å²) in [6, 6.07) is 12.8. The van der Waals surface area contributed by atoms with Crippen LogP contribution in [0.15, 0.2) is 42.5 Å². The van der Waals surface area contributed by atoms with E-state index < -0.39 is 0 Å². The van der Waals surface area contributed by atoms with E-state index in [1.54, 1.807) is 6.07 Å². The topological polar surface area (TPSA) is 62.2 Å². The summed E-state index contributed by atoms with van der Waals surface area (Å²) in [5.41, 5.74) is 3.02. The lowest BCUT2D eigenvalue weighted by atomic mass is 10.1. The van der Waals surface area contributed by atoms with Gasteiger partial charge in [0.1, 0.15) is 5.69 Å². The minimum atomic E-state index is -0.196. The van der Waals surface area contributed by atoms with E-state index in [-0.39, 0.29) is 12.5 Å². The first-order chi connectivity index (χ1) is 9.19. The van der Waals surface area contributed by atoms with Gasteiger partial charge in [-0.15, -0.1) is 0 Å². The fraction of sp³-hybridized carbons (Fsp3) is 0.200. The predicted octanol–water partition coefficient (Wildman–Crippen LogP) is 1.81. The molecule has 0 atom stereocenters. The van der Waals surface area contributed by atoms with Crippen molar-refractivity contribution in [1.29, 1.82) is 0 Å². The largest absolute Gasteiger partial charge is 0.392 e. The zero-order chi connectivity index (χ0) is 13.7. The Morgan fingerprint density at radius 3 is 2.68 bits per heavy atom. The number of nitrogens with one attached hydrogen (secondary N) is 1. The van der Waals surface area contributed by atoms with Gasteiger partial charge in [0.15, 0.2) is 0 Å². The number of amides is 1. The standard InChI is InChI=1S/C15H16N2O2/c1-11-4-2-7-14(17-11)15(19)16-9-12-5-3-6-13(8-12)10-18/h2-8,18H,9-10H2,1H3,(H,16,19). The predicted molar refractivity (Wildman–Crippen MR) is 72.5 cm³/mol. The van der Waals surface area contributed by atoms with E-state index in [2.05, 4.69) is 10.3 Å². The van der Waals surface area contributed by atoms with Gasteiger partial charge in [-0.1, -0.05) is 30.3 Å². The summed E-state index contributed by atoms with van der Waals surface area (Å²) in [7, 11) is 0. The number of benzene rings is 1. The SMILES string of the molecule is Cc1cccc(C(=O)NCc2cccc(CO)c2)n1. The number of carbonyl (C=O) groups excluding carboxylic acids is 1. The fourth-order valence-corrected chi connectivity index (χ4v) is 1.78. The van der Waals surface area contributed by atoms with E-state index in [0.29, 0.717) is 12.2 Å². The number of hydrogen-bond donors (Lipinski definition) is 2. The van der Waals surface area contributed by atoms with Crippen molar-refractivity contribution in [2.75, 3.05) is 0 Å². The number of nitrogens with zero attached hydrogens (tertiary/aromatic N) is 1. The maximum Gasteiger partial charge on any atom is 0.270 e.